The standard InChI is InChI=1S/C22H24N6O2S.2ClH/c1-14-16(7-8-18(23)27-14)11-26-21(29)17-13-31-19-12-25-20(22(30)28(17)19)24-10-9-15-5-3-2-4-6-15;;/h2-8,12,17H,9-11,13H2,1H3,(H2,23,27)(H,24,25)(H,26,29);2*1H/t17-;;/m1../s1. The first-order valence-electron chi connectivity index (χ1n) is 10.0. The van der Waals surface area contributed by atoms with Crippen molar-refractivity contribution in [2.45, 2.75) is 31.0 Å². The predicted octanol–water partition coefficient (Wildman–Crippen LogP) is 2.99. The molecule has 0 radical (unpaired) electrons. The summed E-state index contributed by atoms with van der Waals surface area (Å²) in [5, 5.41) is 6.73. The molecule has 4 N–H and O–H groups in total. The molecule has 0 saturated heterocycles. The van der Waals surface area contributed by atoms with Gasteiger partial charge in [-0.1, -0.05) is 36.4 Å². The average Bonchev–Trinajstić information content (AvgIpc) is 3.20. The number of carbonyl (C=O) groups is 1. The molecule has 1 aromatic carbocycles. The largest absolute Gasteiger partial charge is 0.384 e. The van der Waals surface area contributed by atoms with Crippen molar-refractivity contribution in [2.24, 2.45) is 0 Å². The molecule has 0 fully saturated rings. The highest BCUT2D eigenvalue weighted by Gasteiger charge is 2.31. The molecule has 1 aliphatic rings. The van der Waals surface area contributed by atoms with Crippen molar-refractivity contribution in [3.05, 3.63) is 75.8 Å². The lowest BCUT2D eigenvalue weighted by Crippen LogP contribution is -2.37. The molecule has 0 unspecified atom stereocenters. The highest BCUT2D eigenvalue weighted by atomic mass is 35.5. The fraction of sp³-hybridized carbons (Fsp3) is 0.273. The number of nitrogens with zero attached hydrogens (tertiary/aromatic N) is 3. The fourth-order valence-electron chi connectivity index (χ4n) is 3.47. The van der Waals surface area contributed by atoms with Gasteiger partial charge >= 0.3 is 0 Å². The maximum atomic E-state index is 13.0. The third-order valence-electron chi connectivity index (χ3n) is 5.19. The monoisotopic (exact) mass is 508 g/mol. The number of pyridine rings is 1. The normalized spacial score (nSPS) is 13.9. The van der Waals surface area contributed by atoms with E-state index in [9.17, 15) is 9.59 Å². The number of halogens is 2. The molecule has 0 spiro atoms. The SMILES string of the molecule is Cc1nc(N)ccc1CNC(=O)[C@H]1CSc2cnc(NCCc3ccccc3)c(=O)n21.Cl.Cl. The Hall–Kier alpha value is -2.75. The Morgan fingerprint density at radius 1 is 1.21 bits per heavy atom. The molecule has 4 rings (SSSR count). The van der Waals surface area contributed by atoms with E-state index in [1.807, 2.05) is 43.3 Å². The van der Waals surface area contributed by atoms with Gasteiger partial charge in [-0.05, 0) is 30.5 Å². The lowest BCUT2D eigenvalue weighted by atomic mass is 10.1. The van der Waals surface area contributed by atoms with Gasteiger partial charge in [0.25, 0.3) is 5.56 Å². The van der Waals surface area contributed by atoms with Gasteiger partial charge in [0.2, 0.25) is 5.91 Å². The Labute approximate surface area is 208 Å². The highest BCUT2D eigenvalue weighted by molar-refractivity contribution is 7.99. The number of nitrogens with two attached hydrogens (primary N) is 1. The summed E-state index contributed by atoms with van der Waals surface area (Å²) in [5.41, 5.74) is 8.24. The van der Waals surface area contributed by atoms with Crippen LogP contribution in [0.15, 0.2) is 58.5 Å². The number of anilines is 2. The van der Waals surface area contributed by atoms with Crippen LogP contribution in [0.3, 0.4) is 0 Å². The van der Waals surface area contributed by atoms with E-state index in [-0.39, 0.29) is 42.1 Å². The highest BCUT2D eigenvalue weighted by Crippen LogP contribution is 2.31. The van der Waals surface area contributed by atoms with Gasteiger partial charge in [-0.15, -0.1) is 36.6 Å². The number of hydrogen-bond acceptors (Lipinski definition) is 7. The van der Waals surface area contributed by atoms with Gasteiger partial charge in [-0.25, -0.2) is 9.97 Å². The zero-order valence-corrected chi connectivity index (χ0v) is 20.4. The quantitative estimate of drug-likeness (QED) is 0.449. The van der Waals surface area contributed by atoms with Gasteiger partial charge in [0.1, 0.15) is 11.9 Å². The lowest BCUT2D eigenvalue weighted by molar-refractivity contribution is -0.124. The molecule has 2 aromatic heterocycles. The van der Waals surface area contributed by atoms with Crippen LogP contribution in [-0.4, -0.2) is 32.7 Å². The Kier molecular flexibility index (Phi) is 9.57. The van der Waals surface area contributed by atoms with Crippen LogP contribution in [0.25, 0.3) is 0 Å². The smallest absolute Gasteiger partial charge is 0.294 e. The molecule has 11 heteroatoms. The summed E-state index contributed by atoms with van der Waals surface area (Å²) in [5.74, 6) is 1.000. The van der Waals surface area contributed by atoms with Crippen LogP contribution in [-0.2, 0) is 17.8 Å². The summed E-state index contributed by atoms with van der Waals surface area (Å²) in [6, 6.07) is 13.0. The van der Waals surface area contributed by atoms with E-state index in [0.29, 0.717) is 29.7 Å². The maximum absolute atomic E-state index is 13.0. The molecule has 0 aliphatic carbocycles. The summed E-state index contributed by atoms with van der Waals surface area (Å²) in [6.07, 6.45) is 2.43. The first-order chi connectivity index (χ1) is 15.0. The van der Waals surface area contributed by atoms with Crippen LogP contribution in [0.4, 0.5) is 11.6 Å². The van der Waals surface area contributed by atoms with Crippen molar-refractivity contribution in [3.63, 3.8) is 0 Å². The van der Waals surface area contributed by atoms with Gasteiger partial charge in [0.15, 0.2) is 5.82 Å². The van der Waals surface area contributed by atoms with Crippen LogP contribution in [0.1, 0.15) is 22.9 Å². The summed E-state index contributed by atoms with van der Waals surface area (Å²) < 4.78 is 1.53. The van der Waals surface area contributed by atoms with Crippen LogP contribution < -0.4 is 21.9 Å². The summed E-state index contributed by atoms with van der Waals surface area (Å²) in [6.45, 7) is 2.76. The number of amides is 1. The summed E-state index contributed by atoms with van der Waals surface area (Å²) in [4.78, 5) is 34.3. The van der Waals surface area contributed by atoms with Crippen molar-refractivity contribution in [3.8, 4) is 0 Å². The lowest BCUT2D eigenvalue weighted by Gasteiger charge is -2.15. The molecule has 3 aromatic rings. The van der Waals surface area contributed by atoms with Crippen molar-refractivity contribution in [2.75, 3.05) is 23.3 Å². The van der Waals surface area contributed by atoms with E-state index in [0.717, 1.165) is 17.7 Å². The fourth-order valence-corrected chi connectivity index (χ4v) is 4.58. The minimum atomic E-state index is -0.577. The topological polar surface area (TPSA) is 115 Å². The van der Waals surface area contributed by atoms with E-state index in [1.165, 1.54) is 21.9 Å². The second-order valence-electron chi connectivity index (χ2n) is 7.31. The minimum Gasteiger partial charge on any atom is -0.384 e. The molecule has 1 aliphatic heterocycles. The second-order valence-corrected chi connectivity index (χ2v) is 8.35. The van der Waals surface area contributed by atoms with Crippen LogP contribution in [0.5, 0.6) is 0 Å². The Bertz CT molecular complexity index is 1160. The van der Waals surface area contributed by atoms with Crippen molar-refractivity contribution >= 4 is 54.1 Å². The maximum Gasteiger partial charge on any atom is 0.294 e. The molecular weight excluding hydrogens is 483 g/mol. The molecule has 1 atom stereocenters. The van der Waals surface area contributed by atoms with E-state index in [2.05, 4.69) is 20.6 Å². The molecule has 1 amide bonds. The Morgan fingerprint density at radius 3 is 2.70 bits per heavy atom. The van der Waals surface area contributed by atoms with E-state index < -0.39 is 6.04 Å². The van der Waals surface area contributed by atoms with Gasteiger partial charge < -0.3 is 16.4 Å². The number of aromatic nitrogens is 3. The number of thioether (sulfide) groups is 1. The van der Waals surface area contributed by atoms with Crippen molar-refractivity contribution < 1.29 is 4.79 Å². The number of fused-ring (bicyclic) bond motifs is 1. The first kappa shape index (κ1) is 26.5. The number of nitrogen functional groups attached to an aromatic ring is 1. The van der Waals surface area contributed by atoms with Gasteiger partial charge in [0, 0.05) is 24.5 Å². The average molecular weight is 509 g/mol. The number of carbonyl (C=O) groups excluding carboxylic acids is 1. The first-order valence-corrected chi connectivity index (χ1v) is 11.0. The number of rotatable bonds is 7. The number of aryl methyl sites for hydroxylation is 1. The second kappa shape index (κ2) is 11.9. The van der Waals surface area contributed by atoms with Crippen LogP contribution in [0, 0.1) is 6.92 Å². The molecule has 176 valence electrons. The Balaban J connectivity index is 0.00000193. The van der Waals surface area contributed by atoms with Crippen molar-refractivity contribution in [1.29, 1.82) is 0 Å². The van der Waals surface area contributed by atoms with Gasteiger partial charge in [-0.3, -0.25) is 14.2 Å². The third-order valence-corrected chi connectivity index (χ3v) is 6.27. The number of nitrogens with one attached hydrogen (secondary N) is 2. The zero-order valence-electron chi connectivity index (χ0n) is 18.0. The molecule has 33 heavy (non-hydrogen) atoms. The van der Waals surface area contributed by atoms with Crippen LogP contribution >= 0.6 is 36.6 Å². The zero-order chi connectivity index (χ0) is 21.8. The van der Waals surface area contributed by atoms with E-state index >= 15 is 0 Å². The predicted molar refractivity (Wildman–Crippen MR) is 137 cm³/mol. The van der Waals surface area contributed by atoms with E-state index in [1.54, 1.807) is 12.3 Å². The summed E-state index contributed by atoms with van der Waals surface area (Å²) >= 11 is 1.46. The molecule has 0 saturated carbocycles. The van der Waals surface area contributed by atoms with E-state index in [4.69, 9.17) is 5.73 Å². The molecule has 8 nitrogen and oxygen atoms in total. The summed E-state index contributed by atoms with van der Waals surface area (Å²) in [7, 11) is 0. The molecular formula is C22H26Cl2N6O2S. The number of hydrogen-bond donors (Lipinski definition) is 3. The van der Waals surface area contributed by atoms with Crippen LogP contribution in [0.2, 0.25) is 0 Å². The Morgan fingerprint density at radius 2 is 1.97 bits per heavy atom. The molecule has 0 bridgehead atoms. The number of benzene rings is 1. The molecule has 3 heterocycles. The minimum absolute atomic E-state index is 0. The van der Waals surface area contributed by atoms with Gasteiger partial charge in [-0.2, -0.15) is 0 Å². The third kappa shape index (κ3) is 6.19. The van der Waals surface area contributed by atoms with Gasteiger partial charge in [0.05, 0.1) is 11.2 Å². The van der Waals surface area contributed by atoms with Crippen molar-refractivity contribution in [1.82, 2.24) is 19.9 Å².